The van der Waals surface area contributed by atoms with Gasteiger partial charge < -0.3 is 10.7 Å². The Bertz CT molecular complexity index is 496. The first kappa shape index (κ1) is 8.06. The first-order chi connectivity index (χ1) is 6.75. The lowest BCUT2D eigenvalue weighted by Crippen LogP contribution is -2.05. The predicted molar refractivity (Wildman–Crippen MR) is 58.3 cm³/mol. The number of fused-ring (bicyclic) bond motifs is 3. The van der Waals surface area contributed by atoms with Crippen molar-refractivity contribution >= 4 is 10.9 Å². The van der Waals surface area contributed by atoms with Crippen LogP contribution in [-0.4, -0.2) is 4.98 Å². The maximum atomic E-state index is 6.02. The van der Waals surface area contributed by atoms with E-state index in [0.29, 0.717) is 0 Å². The Kier molecular flexibility index (Phi) is 1.50. The highest BCUT2D eigenvalue weighted by atomic mass is 14.8. The summed E-state index contributed by atoms with van der Waals surface area (Å²) in [5.74, 6) is 0. The number of aryl methyl sites for hydroxylation is 2. The number of aromatic nitrogens is 1. The van der Waals surface area contributed by atoms with Gasteiger partial charge in [-0.1, -0.05) is 11.6 Å². The van der Waals surface area contributed by atoms with Crippen molar-refractivity contribution in [1.29, 1.82) is 0 Å². The van der Waals surface area contributed by atoms with Crippen LogP contribution in [0, 0.1) is 6.92 Å². The standard InChI is InChI=1S/C12H14N2/c1-7-2-5-11-9(6-7)8-3-4-10(13)12(8)14-11/h2,5-6,10,14H,3-4,13H2,1H3/t10-/m0/s1. The van der Waals surface area contributed by atoms with Gasteiger partial charge in [0.1, 0.15) is 0 Å². The normalized spacial score (nSPS) is 20.3. The fraction of sp³-hybridized carbons (Fsp3) is 0.333. The minimum atomic E-state index is 0.220. The number of hydrogen-bond donors (Lipinski definition) is 2. The molecule has 72 valence electrons. The Balaban J connectivity index is 2.36. The van der Waals surface area contributed by atoms with Crippen LogP contribution in [0.25, 0.3) is 10.9 Å². The Morgan fingerprint density at radius 1 is 1.43 bits per heavy atom. The van der Waals surface area contributed by atoms with Gasteiger partial charge in [-0.3, -0.25) is 0 Å². The molecule has 2 aromatic rings. The van der Waals surface area contributed by atoms with Gasteiger partial charge in [-0.25, -0.2) is 0 Å². The van der Waals surface area contributed by atoms with E-state index in [1.54, 1.807) is 0 Å². The molecule has 0 saturated heterocycles. The van der Waals surface area contributed by atoms with E-state index in [0.717, 1.165) is 12.8 Å². The lowest BCUT2D eigenvalue weighted by Gasteiger charge is -1.99. The molecule has 3 N–H and O–H groups in total. The summed E-state index contributed by atoms with van der Waals surface area (Å²) in [5.41, 5.74) is 11.3. The quantitative estimate of drug-likeness (QED) is 0.652. The molecule has 1 aromatic heterocycles. The van der Waals surface area contributed by atoms with E-state index in [4.69, 9.17) is 5.73 Å². The van der Waals surface area contributed by atoms with Crippen molar-refractivity contribution in [2.75, 3.05) is 0 Å². The van der Waals surface area contributed by atoms with Gasteiger partial charge >= 0.3 is 0 Å². The van der Waals surface area contributed by atoms with Gasteiger partial charge in [-0.2, -0.15) is 0 Å². The zero-order chi connectivity index (χ0) is 9.71. The number of hydrogen-bond acceptors (Lipinski definition) is 1. The molecule has 3 rings (SSSR count). The average Bonchev–Trinajstić information content (AvgIpc) is 2.67. The third-order valence-corrected chi connectivity index (χ3v) is 3.17. The summed E-state index contributed by atoms with van der Waals surface area (Å²) in [4.78, 5) is 3.43. The number of rotatable bonds is 0. The molecular formula is C12H14N2. The fourth-order valence-corrected chi connectivity index (χ4v) is 2.41. The number of benzene rings is 1. The van der Waals surface area contributed by atoms with E-state index in [2.05, 4.69) is 30.1 Å². The maximum absolute atomic E-state index is 6.02. The Hall–Kier alpha value is -1.28. The lowest BCUT2D eigenvalue weighted by atomic mass is 10.1. The van der Waals surface area contributed by atoms with Gasteiger partial charge in [0.15, 0.2) is 0 Å². The third-order valence-electron chi connectivity index (χ3n) is 3.17. The van der Waals surface area contributed by atoms with Crippen molar-refractivity contribution in [2.24, 2.45) is 5.73 Å². The summed E-state index contributed by atoms with van der Waals surface area (Å²) in [5, 5.41) is 1.37. The highest BCUT2D eigenvalue weighted by molar-refractivity contribution is 5.86. The zero-order valence-corrected chi connectivity index (χ0v) is 8.30. The first-order valence-corrected chi connectivity index (χ1v) is 5.12. The Morgan fingerprint density at radius 3 is 3.14 bits per heavy atom. The van der Waals surface area contributed by atoms with Crippen LogP contribution in [0.1, 0.15) is 29.3 Å². The second-order valence-electron chi connectivity index (χ2n) is 4.21. The van der Waals surface area contributed by atoms with Crippen molar-refractivity contribution in [3.8, 4) is 0 Å². The van der Waals surface area contributed by atoms with Gasteiger partial charge in [0.25, 0.3) is 0 Å². The van der Waals surface area contributed by atoms with Crippen molar-refractivity contribution in [2.45, 2.75) is 25.8 Å². The van der Waals surface area contributed by atoms with Gasteiger partial charge in [0.05, 0.1) is 0 Å². The van der Waals surface area contributed by atoms with Crippen LogP contribution in [0.4, 0.5) is 0 Å². The van der Waals surface area contributed by atoms with Crippen LogP contribution < -0.4 is 5.73 Å². The van der Waals surface area contributed by atoms with Crippen LogP contribution in [-0.2, 0) is 6.42 Å². The molecule has 2 heteroatoms. The van der Waals surface area contributed by atoms with Crippen molar-refractivity contribution in [3.05, 3.63) is 35.0 Å². The number of nitrogens with two attached hydrogens (primary N) is 1. The predicted octanol–water partition coefficient (Wildman–Crippen LogP) is 2.42. The second-order valence-corrected chi connectivity index (χ2v) is 4.21. The Labute approximate surface area is 83.1 Å². The van der Waals surface area contributed by atoms with E-state index in [1.165, 1.54) is 27.7 Å². The number of H-pyrrole nitrogens is 1. The van der Waals surface area contributed by atoms with Gasteiger partial charge in [-0.05, 0) is 37.5 Å². The molecule has 1 aliphatic carbocycles. The molecule has 1 aromatic carbocycles. The summed E-state index contributed by atoms with van der Waals surface area (Å²) < 4.78 is 0. The Morgan fingerprint density at radius 2 is 2.29 bits per heavy atom. The lowest BCUT2D eigenvalue weighted by molar-refractivity contribution is 0.699. The van der Waals surface area contributed by atoms with Gasteiger partial charge in [0, 0.05) is 22.6 Å². The molecule has 1 heterocycles. The van der Waals surface area contributed by atoms with E-state index in [-0.39, 0.29) is 6.04 Å². The summed E-state index contributed by atoms with van der Waals surface area (Å²) in [6.45, 7) is 2.13. The van der Waals surface area contributed by atoms with E-state index < -0.39 is 0 Å². The molecule has 2 nitrogen and oxygen atoms in total. The van der Waals surface area contributed by atoms with Gasteiger partial charge in [0.2, 0.25) is 0 Å². The smallest absolute Gasteiger partial charge is 0.0459 e. The van der Waals surface area contributed by atoms with E-state index in [9.17, 15) is 0 Å². The summed E-state index contributed by atoms with van der Waals surface area (Å²) >= 11 is 0. The molecule has 0 spiro atoms. The first-order valence-electron chi connectivity index (χ1n) is 5.12. The second kappa shape index (κ2) is 2.61. The largest absolute Gasteiger partial charge is 0.357 e. The minimum Gasteiger partial charge on any atom is -0.357 e. The molecule has 0 aliphatic heterocycles. The molecular weight excluding hydrogens is 172 g/mol. The average molecular weight is 186 g/mol. The van der Waals surface area contributed by atoms with Crippen molar-refractivity contribution in [1.82, 2.24) is 4.98 Å². The van der Waals surface area contributed by atoms with E-state index >= 15 is 0 Å². The molecule has 0 bridgehead atoms. The minimum absolute atomic E-state index is 0.220. The molecule has 14 heavy (non-hydrogen) atoms. The molecule has 0 amide bonds. The van der Waals surface area contributed by atoms with Crippen molar-refractivity contribution in [3.63, 3.8) is 0 Å². The number of nitrogens with one attached hydrogen (secondary N) is 1. The highest BCUT2D eigenvalue weighted by Crippen LogP contribution is 2.34. The van der Waals surface area contributed by atoms with Crippen molar-refractivity contribution < 1.29 is 0 Å². The summed E-state index contributed by atoms with van der Waals surface area (Å²) in [6.07, 6.45) is 2.21. The SMILES string of the molecule is Cc1ccc2[nH]c3c(c2c1)CC[C@@H]3N. The topological polar surface area (TPSA) is 41.8 Å². The van der Waals surface area contributed by atoms with Crippen LogP contribution in [0.2, 0.25) is 0 Å². The third kappa shape index (κ3) is 0.946. The number of aromatic amines is 1. The maximum Gasteiger partial charge on any atom is 0.0459 e. The molecule has 0 radical (unpaired) electrons. The molecule has 0 saturated carbocycles. The molecule has 1 atom stereocenters. The highest BCUT2D eigenvalue weighted by Gasteiger charge is 2.23. The molecule has 1 aliphatic rings. The van der Waals surface area contributed by atoms with Gasteiger partial charge in [-0.15, -0.1) is 0 Å². The van der Waals surface area contributed by atoms with Crippen LogP contribution in [0.15, 0.2) is 18.2 Å². The summed E-state index contributed by atoms with van der Waals surface area (Å²) in [7, 11) is 0. The van der Waals surface area contributed by atoms with Crippen LogP contribution in [0.5, 0.6) is 0 Å². The molecule has 0 fully saturated rings. The monoisotopic (exact) mass is 186 g/mol. The molecule has 0 unspecified atom stereocenters. The fourth-order valence-electron chi connectivity index (χ4n) is 2.41. The van der Waals surface area contributed by atoms with Crippen LogP contribution >= 0.6 is 0 Å². The van der Waals surface area contributed by atoms with E-state index in [1.807, 2.05) is 0 Å². The zero-order valence-electron chi connectivity index (χ0n) is 8.30. The summed E-state index contributed by atoms with van der Waals surface area (Å²) in [6, 6.07) is 6.76. The van der Waals surface area contributed by atoms with Crippen LogP contribution in [0.3, 0.4) is 0 Å².